The summed E-state index contributed by atoms with van der Waals surface area (Å²) >= 11 is 5.15. The summed E-state index contributed by atoms with van der Waals surface area (Å²) in [4.78, 5) is 0.484. The predicted octanol–water partition coefficient (Wildman–Crippen LogP) is 3.65. The number of halogens is 3. The Kier molecular flexibility index (Phi) is 4.33. The van der Waals surface area contributed by atoms with E-state index in [-0.39, 0.29) is 13.0 Å². The molecule has 0 N–H and O–H groups in total. The highest BCUT2D eigenvalue weighted by Gasteiger charge is 2.69. The molecule has 0 bridgehead atoms. The van der Waals surface area contributed by atoms with Crippen molar-refractivity contribution in [1.82, 2.24) is 0 Å². The van der Waals surface area contributed by atoms with Crippen LogP contribution in [0.1, 0.15) is 12.0 Å². The number of epoxide rings is 1. The third-order valence-electron chi connectivity index (χ3n) is 3.35. The van der Waals surface area contributed by atoms with Crippen LogP contribution in [0.3, 0.4) is 0 Å². The number of hydrogen-bond acceptors (Lipinski definition) is 2. The van der Waals surface area contributed by atoms with Crippen LogP contribution in [0.15, 0.2) is 41.8 Å². The average molecular weight is 321 g/mol. The number of alkyl halides is 3. The second-order valence-corrected chi connectivity index (χ2v) is 6.91. The fourth-order valence-electron chi connectivity index (χ4n) is 2.05. The molecule has 1 aromatic carbocycles. The number of hydrogen-bond donors (Lipinski definition) is 0. The molecule has 1 heterocycles. The smallest absolute Gasteiger partial charge is 0.353 e. The zero-order chi connectivity index (χ0) is 15.0. The second kappa shape index (κ2) is 5.54. The van der Waals surface area contributed by atoms with Crippen molar-refractivity contribution in [2.75, 3.05) is 6.61 Å². The van der Waals surface area contributed by atoms with Crippen LogP contribution in [0.25, 0.3) is 0 Å². The summed E-state index contributed by atoms with van der Waals surface area (Å²) in [5.74, 6) is 0. The molecule has 0 aliphatic carbocycles. The lowest BCUT2D eigenvalue weighted by Gasteiger charge is -2.26. The lowest BCUT2D eigenvalue weighted by atomic mass is 10.0. The Bertz CT molecular complexity index is 521. The molecule has 1 saturated heterocycles. The van der Waals surface area contributed by atoms with E-state index in [2.05, 4.69) is 6.58 Å². The Hall–Kier alpha value is -0.780. The highest BCUT2D eigenvalue weighted by Crippen LogP contribution is 2.50. The Labute approximate surface area is 124 Å². The molecular formula is C14H15ClF2O2S. The highest BCUT2D eigenvalue weighted by atomic mass is 35.5. The molecule has 6 heteroatoms. The van der Waals surface area contributed by atoms with Gasteiger partial charge in [-0.15, -0.1) is 6.58 Å². The first kappa shape index (κ1) is 15.6. The van der Waals surface area contributed by atoms with Crippen LogP contribution in [0.2, 0.25) is 0 Å². The van der Waals surface area contributed by atoms with E-state index in [1.165, 1.54) is 6.08 Å². The van der Waals surface area contributed by atoms with E-state index in [9.17, 15) is 13.0 Å². The lowest BCUT2D eigenvalue weighted by Crippen LogP contribution is -2.45. The van der Waals surface area contributed by atoms with Gasteiger partial charge in [0.2, 0.25) is 0 Å². The Morgan fingerprint density at radius 2 is 2.10 bits per heavy atom. The first-order valence-corrected chi connectivity index (χ1v) is 7.70. The van der Waals surface area contributed by atoms with E-state index in [0.29, 0.717) is 4.90 Å². The van der Waals surface area contributed by atoms with Crippen molar-refractivity contribution in [1.29, 1.82) is 0 Å². The van der Waals surface area contributed by atoms with Gasteiger partial charge in [-0.25, -0.2) is 0 Å². The SMILES string of the molecule is C=CC[C@H](S(=O)c1ccc(C)cc1)[C@]1(C(F)(F)Cl)CO1. The van der Waals surface area contributed by atoms with Crippen LogP contribution < -0.4 is 0 Å². The van der Waals surface area contributed by atoms with Gasteiger partial charge < -0.3 is 4.74 Å². The number of aryl methyl sites for hydroxylation is 1. The van der Waals surface area contributed by atoms with Crippen molar-refractivity contribution >= 4 is 22.4 Å². The van der Waals surface area contributed by atoms with E-state index in [1.54, 1.807) is 24.3 Å². The van der Waals surface area contributed by atoms with Gasteiger partial charge in [-0.1, -0.05) is 23.8 Å². The van der Waals surface area contributed by atoms with Gasteiger partial charge in [-0.05, 0) is 37.1 Å². The fourth-order valence-corrected chi connectivity index (χ4v) is 4.03. The molecule has 2 rings (SSSR count). The Balaban J connectivity index is 2.32. The number of rotatable bonds is 6. The van der Waals surface area contributed by atoms with Crippen molar-refractivity contribution < 1.29 is 17.7 Å². The van der Waals surface area contributed by atoms with Gasteiger partial charge in [0.05, 0.1) is 22.7 Å². The maximum absolute atomic E-state index is 13.5. The number of allylic oxidation sites excluding steroid dienone is 1. The Morgan fingerprint density at radius 1 is 1.55 bits per heavy atom. The standard InChI is InChI=1S/C14H15ClF2O2S/c1-3-4-12(13(9-19-13)14(15,16)17)20(18)11-7-5-10(2)6-8-11/h3,5-8,12H,1,4,9H2,2H3/t12-,13-,20?/m0/s1. The average Bonchev–Trinajstić information content (AvgIpc) is 3.17. The van der Waals surface area contributed by atoms with E-state index in [0.717, 1.165) is 5.56 Å². The second-order valence-electron chi connectivity index (χ2n) is 4.80. The lowest BCUT2D eigenvalue weighted by molar-refractivity contribution is 0.00246. The van der Waals surface area contributed by atoms with Crippen molar-refractivity contribution in [2.45, 2.75) is 34.5 Å². The van der Waals surface area contributed by atoms with E-state index < -0.39 is 27.0 Å². The third kappa shape index (κ3) is 2.80. The summed E-state index contributed by atoms with van der Waals surface area (Å²) < 4.78 is 44.6. The summed E-state index contributed by atoms with van der Waals surface area (Å²) in [6.07, 6.45) is 1.60. The van der Waals surface area contributed by atoms with Gasteiger partial charge in [0, 0.05) is 4.90 Å². The van der Waals surface area contributed by atoms with Crippen molar-refractivity contribution in [3.05, 3.63) is 42.5 Å². The molecule has 1 aliphatic rings. The zero-order valence-corrected chi connectivity index (χ0v) is 12.5. The third-order valence-corrected chi connectivity index (χ3v) is 5.49. The molecule has 3 atom stereocenters. The summed E-state index contributed by atoms with van der Waals surface area (Å²) in [6, 6.07) is 6.92. The fraction of sp³-hybridized carbons (Fsp3) is 0.429. The topological polar surface area (TPSA) is 29.6 Å². The molecule has 1 unspecified atom stereocenters. The summed E-state index contributed by atoms with van der Waals surface area (Å²) in [5.41, 5.74) is -0.857. The van der Waals surface area contributed by atoms with E-state index >= 15 is 0 Å². The minimum absolute atomic E-state index is 0.142. The molecule has 20 heavy (non-hydrogen) atoms. The summed E-state index contributed by atoms with van der Waals surface area (Å²) in [5, 5.41) is -4.48. The van der Waals surface area contributed by atoms with E-state index in [1.807, 2.05) is 6.92 Å². The molecule has 1 aromatic rings. The molecule has 0 radical (unpaired) electrons. The largest absolute Gasteiger partial charge is 0.360 e. The van der Waals surface area contributed by atoms with Gasteiger partial charge in [0.25, 0.3) is 0 Å². The molecule has 0 spiro atoms. The van der Waals surface area contributed by atoms with Crippen molar-refractivity contribution in [2.24, 2.45) is 0 Å². The van der Waals surface area contributed by atoms with Crippen LogP contribution in [0.4, 0.5) is 8.78 Å². The van der Waals surface area contributed by atoms with Gasteiger partial charge in [0.15, 0.2) is 5.60 Å². The van der Waals surface area contributed by atoms with Gasteiger partial charge in [-0.2, -0.15) is 8.78 Å². The van der Waals surface area contributed by atoms with Gasteiger partial charge >= 0.3 is 5.38 Å². The molecule has 1 fully saturated rings. The van der Waals surface area contributed by atoms with E-state index in [4.69, 9.17) is 16.3 Å². The number of benzene rings is 1. The minimum atomic E-state index is -3.55. The predicted molar refractivity (Wildman–Crippen MR) is 75.7 cm³/mol. The van der Waals surface area contributed by atoms with Gasteiger partial charge in [0.1, 0.15) is 0 Å². The van der Waals surface area contributed by atoms with Crippen LogP contribution in [0, 0.1) is 6.92 Å². The molecule has 110 valence electrons. The minimum Gasteiger partial charge on any atom is -0.360 e. The zero-order valence-electron chi connectivity index (χ0n) is 10.9. The summed E-state index contributed by atoms with van der Waals surface area (Å²) in [7, 11) is -1.64. The molecule has 0 amide bonds. The summed E-state index contributed by atoms with van der Waals surface area (Å²) in [6.45, 7) is 5.24. The van der Waals surface area contributed by atoms with Gasteiger partial charge in [-0.3, -0.25) is 4.21 Å². The molecule has 2 nitrogen and oxygen atoms in total. The first-order chi connectivity index (χ1) is 9.32. The van der Waals surface area contributed by atoms with Crippen molar-refractivity contribution in [3.63, 3.8) is 0 Å². The number of ether oxygens (including phenoxy) is 1. The first-order valence-electron chi connectivity index (χ1n) is 6.10. The van der Waals surface area contributed by atoms with Crippen molar-refractivity contribution in [3.8, 4) is 0 Å². The Morgan fingerprint density at radius 3 is 2.50 bits per heavy atom. The maximum Gasteiger partial charge on any atom is 0.353 e. The monoisotopic (exact) mass is 320 g/mol. The molecule has 0 saturated carbocycles. The molecular weight excluding hydrogens is 306 g/mol. The van der Waals surface area contributed by atoms with Crippen LogP contribution in [-0.4, -0.2) is 27.0 Å². The quantitative estimate of drug-likeness (QED) is 0.455. The highest BCUT2D eigenvalue weighted by molar-refractivity contribution is 7.85. The normalized spacial score (nSPS) is 25.0. The van der Waals surface area contributed by atoms with Crippen LogP contribution >= 0.6 is 11.6 Å². The van der Waals surface area contributed by atoms with Crippen LogP contribution in [0.5, 0.6) is 0 Å². The van der Waals surface area contributed by atoms with Crippen LogP contribution in [-0.2, 0) is 15.5 Å². The molecule has 1 aliphatic heterocycles. The maximum atomic E-state index is 13.5. The molecule has 0 aromatic heterocycles.